The summed E-state index contributed by atoms with van der Waals surface area (Å²) in [5, 5.41) is 0. The fourth-order valence-electron chi connectivity index (χ4n) is 1.98. The van der Waals surface area contributed by atoms with Gasteiger partial charge in [-0.1, -0.05) is 25.1 Å². The molecule has 3 N–H and O–H groups in total. The van der Waals surface area contributed by atoms with E-state index in [0.29, 0.717) is 6.61 Å². The van der Waals surface area contributed by atoms with Crippen LogP contribution in [0.15, 0.2) is 36.8 Å². The third kappa shape index (κ3) is 3.13. The van der Waals surface area contributed by atoms with Crippen molar-refractivity contribution < 1.29 is 4.74 Å². The molecule has 0 aliphatic heterocycles. The second-order valence-corrected chi connectivity index (χ2v) is 4.45. The normalized spacial score (nSPS) is 12.4. The lowest BCUT2D eigenvalue weighted by Gasteiger charge is -2.18. The maximum atomic E-state index is 5.77. The summed E-state index contributed by atoms with van der Waals surface area (Å²) in [7, 11) is 1.93. The van der Waals surface area contributed by atoms with Gasteiger partial charge in [0.05, 0.1) is 24.7 Å². The van der Waals surface area contributed by atoms with E-state index in [2.05, 4.69) is 17.3 Å². The van der Waals surface area contributed by atoms with Crippen LogP contribution in [0.2, 0.25) is 0 Å². The number of hydrazine groups is 1. The van der Waals surface area contributed by atoms with Crippen LogP contribution in [0.3, 0.4) is 0 Å². The lowest BCUT2D eigenvalue weighted by Crippen LogP contribution is -2.29. The Kier molecular flexibility index (Phi) is 4.54. The molecule has 0 saturated heterocycles. The average Bonchev–Trinajstić information content (AvgIpc) is 2.85. The van der Waals surface area contributed by atoms with Crippen molar-refractivity contribution in [3.05, 3.63) is 48.0 Å². The Balaban J connectivity index is 2.32. The summed E-state index contributed by atoms with van der Waals surface area (Å²) in [4.78, 5) is 4.35. The van der Waals surface area contributed by atoms with Crippen LogP contribution in [0.25, 0.3) is 0 Å². The molecule has 102 valence electrons. The Morgan fingerprint density at radius 2 is 2.21 bits per heavy atom. The lowest BCUT2D eigenvalue weighted by atomic mass is 10.0. The first-order valence-corrected chi connectivity index (χ1v) is 6.42. The summed E-state index contributed by atoms with van der Waals surface area (Å²) in [6, 6.07) is 7.72. The Labute approximate surface area is 113 Å². The van der Waals surface area contributed by atoms with Crippen molar-refractivity contribution >= 4 is 0 Å². The maximum absolute atomic E-state index is 5.77. The SMILES string of the molecule is CCCOc1ccccc1C(NN)c1cn(C)cn1. The number of imidazole rings is 1. The molecule has 1 heterocycles. The minimum atomic E-state index is -0.172. The molecule has 19 heavy (non-hydrogen) atoms. The molecule has 1 aromatic carbocycles. The Bertz CT molecular complexity index is 524. The van der Waals surface area contributed by atoms with Gasteiger partial charge < -0.3 is 9.30 Å². The molecular formula is C14H20N4O. The van der Waals surface area contributed by atoms with Crippen LogP contribution < -0.4 is 16.0 Å². The van der Waals surface area contributed by atoms with Gasteiger partial charge in [-0.05, 0) is 12.5 Å². The molecular weight excluding hydrogens is 240 g/mol. The number of hydrogen-bond acceptors (Lipinski definition) is 4. The number of aromatic nitrogens is 2. The van der Waals surface area contributed by atoms with E-state index in [-0.39, 0.29) is 6.04 Å². The van der Waals surface area contributed by atoms with Gasteiger partial charge in [0, 0.05) is 18.8 Å². The van der Waals surface area contributed by atoms with E-state index in [0.717, 1.165) is 23.4 Å². The minimum Gasteiger partial charge on any atom is -0.493 e. The predicted octanol–water partition coefficient (Wildman–Crippen LogP) is 1.76. The van der Waals surface area contributed by atoms with Crippen molar-refractivity contribution in [1.82, 2.24) is 15.0 Å². The smallest absolute Gasteiger partial charge is 0.124 e. The van der Waals surface area contributed by atoms with Gasteiger partial charge in [-0.25, -0.2) is 10.4 Å². The Hall–Kier alpha value is -1.85. The minimum absolute atomic E-state index is 0.172. The maximum Gasteiger partial charge on any atom is 0.124 e. The molecule has 0 aliphatic rings. The van der Waals surface area contributed by atoms with E-state index < -0.39 is 0 Å². The fraction of sp³-hybridized carbons (Fsp3) is 0.357. The quantitative estimate of drug-likeness (QED) is 0.613. The summed E-state index contributed by atoms with van der Waals surface area (Å²) in [6.45, 7) is 2.77. The first kappa shape index (κ1) is 13.6. The third-order valence-corrected chi connectivity index (χ3v) is 2.88. The van der Waals surface area contributed by atoms with Gasteiger partial charge in [-0.15, -0.1) is 0 Å². The number of nitrogens with one attached hydrogen (secondary N) is 1. The molecule has 2 aromatic rings. The summed E-state index contributed by atoms with van der Waals surface area (Å²) in [6.07, 6.45) is 4.68. The van der Waals surface area contributed by atoms with E-state index in [1.807, 2.05) is 42.1 Å². The summed E-state index contributed by atoms with van der Waals surface area (Å²) < 4.78 is 7.67. The highest BCUT2D eigenvalue weighted by Crippen LogP contribution is 2.28. The Morgan fingerprint density at radius 3 is 2.84 bits per heavy atom. The fourth-order valence-corrected chi connectivity index (χ4v) is 1.98. The summed E-state index contributed by atoms with van der Waals surface area (Å²) in [5.41, 5.74) is 4.68. The molecule has 0 spiro atoms. The molecule has 1 aromatic heterocycles. The van der Waals surface area contributed by atoms with Crippen molar-refractivity contribution in [1.29, 1.82) is 0 Å². The first-order chi connectivity index (χ1) is 9.26. The zero-order valence-electron chi connectivity index (χ0n) is 11.3. The number of rotatable bonds is 6. The van der Waals surface area contributed by atoms with Crippen LogP contribution in [0.5, 0.6) is 5.75 Å². The third-order valence-electron chi connectivity index (χ3n) is 2.88. The molecule has 0 saturated carbocycles. The largest absolute Gasteiger partial charge is 0.493 e. The van der Waals surface area contributed by atoms with Crippen molar-refractivity contribution in [2.75, 3.05) is 6.61 Å². The second kappa shape index (κ2) is 6.36. The topological polar surface area (TPSA) is 65.1 Å². The highest BCUT2D eigenvalue weighted by atomic mass is 16.5. The molecule has 0 aliphatic carbocycles. The zero-order chi connectivity index (χ0) is 13.7. The van der Waals surface area contributed by atoms with Gasteiger partial charge >= 0.3 is 0 Å². The number of hydrogen-bond donors (Lipinski definition) is 2. The van der Waals surface area contributed by atoms with Crippen LogP contribution in [-0.2, 0) is 7.05 Å². The predicted molar refractivity (Wildman–Crippen MR) is 74.6 cm³/mol. The molecule has 1 unspecified atom stereocenters. The number of ether oxygens (including phenoxy) is 1. The van der Waals surface area contributed by atoms with Crippen molar-refractivity contribution in [3.8, 4) is 5.75 Å². The molecule has 5 nitrogen and oxygen atoms in total. The number of benzene rings is 1. The highest BCUT2D eigenvalue weighted by molar-refractivity contribution is 5.39. The summed E-state index contributed by atoms with van der Waals surface area (Å²) in [5.74, 6) is 6.53. The average molecular weight is 260 g/mol. The van der Waals surface area contributed by atoms with Crippen LogP contribution in [0.4, 0.5) is 0 Å². The van der Waals surface area contributed by atoms with Gasteiger partial charge in [0.15, 0.2) is 0 Å². The molecule has 2 rings (SSSR count). The number of para-hydroxylation sites is 1. The molecule has 0 bridgehead atoms. The second-order valence-electron chi connectivity index (χ2n) is 4.45. The molecule has 1 atom stereocenters. The van der Waals surface area contributed by atoms with Crippen molar-refractivity contribution in [2.24, 2.45) is 12.9 Å². The van der Waals surface area contributed by atoms with E-state index in [9.17, 15) is 0 Å². The molecule has 5 heteroatoms. The number of nitrogens with zero attached hydrogens (tertiary/aromatic N) is 2. The van der Waals surface area contributed by atoms with Crippen molar-refractivity contribution in [3.63, 3.8) is 0 Å². The zero-order valence-corrected chi connectivity index (χ0v) is 11.3. The molecule has 0 fully saturated rings. The van der Waals surface area contributed by atoms with Crippen LogP contribution in [0, 0.1) is 0 Å². The van der Waals surface area contributed by atoms with Crippen LogP contribution in [-0.4, -0.2) is 16.2 Å². The highest BCUT2D eigenvalue weighted by Gasteiger charge is 2.18. The first-order valence-electron chi connectivity index (χ1n) is 6.42. The van der Waals surface area contributed by atoms with Crippen molar-refractivity contribution in [2.45, 2.75) is 19.4 Å². The van der Waals surface area contributed by atoms with Gasteiger partial charge in [0.1, 0.15) is 5.75 Å². The summed E-state index contributed by atoms with van der Waals surface area (Å²) >= 11 is 0. The van der Waals surface area contributed by atoms with E-state index in [1.54, 1.807) is 6.33 Å². The number of nitrogens with two attached hydrogens (primary N) is 1. The van der Waals surface area contributed by atoms with Gasteiger partial charge in [0.25, 0.3) is 0 Å². The monoisotopic (exact) mass is 260 g/mol. The standard InChI is InChI=1S/C14H20N4O/c1-3-8-19-13-7-5-4-6-11(13)14(17-15)12-9-18(2)10-16-12/h4-7,9-10,14,17H,3,8,15H2,1-2H3. The van der Waals surface area contributed by atoms with Gasteiger partial charge in [0.2, 0.25) is 0 Å². The van der Waals surface area contributed by atoms with Crippen LogP contribution >= 0.6 is 0 Å². The van der Waals surface area contributed by atoms with Gasteiger partial charge in [-0.2, -0.15) is 0 Å². The van der Waals surface area contributed by atoms with Gasteiger partial charge in [-0.3, -0.25) is 5.84 Å². The lowest BCUT2D eigenvalue weighted by molar-refractivity contribution is 0.311. The number of aryl methyl sites for hydroxylation is 1. The molecule has 0 amide bonds. The van der Waals surface area contributed by atoms with E-state index >= 15 is 0 Å². The molecule has 0 radical (unpaired) electrons. The van der Waals surface area contributed by atoms with Crippen LogP contribution in [0.1, 0.15) is 30.6 Å². The van der Waals surface area contributed by atoms with E-state index in [4.69, 9.17) is 10.6 Å². The van der Waals surface area contributed by atoms with E-state index in [1.165, 1.54) is 0 Å². The Morgan fingerprint density at radius 1 is 1.42 bits per heavy atom.